The number of anilines is 2. The van der Waals surface area contributed by atoms with Crippen LogP contribution in [0.4, 0.5) is 11.4 Å². The molecule has 5 heteroatoms. The van der Waals surface area contributed by atoms with Gasteiger partial charge in [-0.3, -0.25) is 4.79 Å². The van der Waals surface area contributed by atoms with E-state index in [-0.39, 0.29) is 0 Å². The molecule has 0 atom stereocenters. The number of hydrogen-bond acceptors (Lipinski definition) is 3. The van der Waals surface area contributed by atoms with Gasteiger partial charge in [0.05, 0.1) is 11.3 Å². The number of rotatable bonds is 4. The molecule has 2 rings (SSSR count). The number of halogens is 1. The van der Waals surface area contributed by atoms with Crippen LogP contribution in [0.3, 0.4) is 0 Å². The number of hydrogen-bond donors (Lipinski definition) is 2. The molecule has 0 aromatic heterocycles. The van der Waals surface area contributed by atoms with Gasteiger partial charge in [-0.25, -0.2) is 0 Å². The Kier molecular flexibility index (Phi) is 4.15. The van der Waals surface area contributed by atoms with Crippen LogP contribution in [0.5, 0.6) is 0 Å². The molecule has 0 saturated heterocycles. The second-order valence-corrected chi connectivity index (χ2v) is 5.06. The molecule has 1 amide bonds. The Hall–Kier alpha value is -2.20. The molecule has 0 fully saturated rings. The van der Waals surface area contributed by atoms with E-state index in [1.807, 2.05) is 36.2 Å². The molecule has 0 unspecified atom stereocenters. The molecular formula is C15H16ClN3O. The first-order chi connectivity index (χ1) is 9.47. The van der Waals surface area contributed by atoms with Gasteiger partial charge in [0, 0.05) is 24.3 Å². The van der Waals surface area contributed by atoms with E-state index in [1.165, 1.54) is 0 Å². The van der Waals surface area contributed by atoms with Crippen LogP contribution in [0, 0.1) is 0 Å². The molecule has 0 bridgehead atoms. The summed E-state index contributed by atoms with van der Waals surface area (Å²) in [6, 6.07) is 12.6. The van der Waals surface area contributed by atoms with E-state index in [2.05, 4.69) is 0 Å². The van der Waals surface area contributed by atoms with Crippen molar-refractivity contribution in [3.8, 4) is 0 Å². The number of primary amides is 1. The first-order valence-electron chi connectivity index (χ1n) is 6.12. The van der Waals surface area contributed by atoms with Crippen molar-refractivity contribution >= 4 is 28.9 Å². The normalized spacial score (nSPS) is 10.3. The van der Waals surface area contributed by atoms with E-state index in [1.54, 1.807) is 18.2 Å². The average molecular weight is 290 g/mol. The lowest BCUT2D eigenvalue weighted by Gasteiger charge is -2.22. The highest BCUT2D eigenvalue weighted by Gasteiger charge is 2.12. The minimum atomic E-state index is -0.469. The maximum Gasteiger partial charge on any atom is 0.250 e. The lowest BCUT2D eigenvalue weighted by Crippen LogP contribution is -2.22. The summed E-state index contributed by atoms with van der Waals surface area (Å²) in [7, 11) is 1.88. The second-order valence-electron chi connectivity index (χ2n) is 4.62. The van der Waals surface area contributed by atoms with Gasteiger partial charge in [0.25, 0.3) is 5.91 Å². The van der Waals surface area contributed by atoms with Gasteiger partial charge >= 0.3 is 0 Å². The standard InChI is InChI=1S/C15H16ClN3O/c1-19(9-10-2-4-11(16)5-3-10)14-8-12(17)6-7-13(14)15(18)20/h2-8H,9,17H2,1H3,(H2,18,20). The molecule has 0 aliphatic heterocycles. The van der Waals surface area contributed by atoms with Crippen molar-refractivity contribution in [3.63, 3.8) is 0 Å². The lowest BCUT2D eigenvalue weighted by atomic mass is 10.1. The fourth-order valence-corrected chi connectivity index (χ4v) is 2.15. The van der Waals surface area contributed by atoms with Crippen LogP contribution < -0.4 is 16.4 Å². The van der Waals surface area contributed by atoms with E-state index >= 15 is 0 Å². The van der Waals surface area contributed by atoms with Crippen LogP contribution in [0.1, 0.15) is 15.9 Å². The van der Waals surface area contributed by atoms with Gasteiger partial charge in [0.2, 0.25) is 0 Å². The molecule has 4 nitrogen and oxygen atoms in total. The predicted octanol–water partition coefficient (Wildman–Crippen LogP) is 2.66. The molecule has 2 aromatic carbocycles. The van der Waals surface area contributed by atoms with Gasteiger partial charge in [-0.05, 0) is 35.9 Å². The predicted molar refractivity (Wildman–Crippen MR) is 82.9 cm³/mol. The zero-order chi connectivity index (χ0) is 14.7. The Bertz CT molecular complexity index is 626. The van der Waals surface area contributed by atoms with Crippen LogP contribution in [0.2, 0.25) is 5.02 Å². The molecule has 20 heavy (non-hydrogen) atoms. The number of amides is 1. The topological polar surface area (TPSA) is 72.3 Å². The smallest absolute Gasteiger partial charge is 0.250 e. The number of carbonyl (C=O) groups is 1. The Morgan fingerprint density at radius 3 is 2.45 bits per heavy atom. The van der Waals surface area contributed by atoms with E-state index in [0.717, 1.165) is 5.56 Å². The number of carbonyl (C=O) groups excluding carboxylic acids is 1. The van der Waals surface area contributed by atoms with Crippen LogP contribution in [0.15, 0.2) is 42.5 Å². The quantitative estimate of drug-likeness (QED) is 0.850. The second kappa shape index (κ2) is 5.84. The highest BCUT2D eigenvalue weighted by atomic mass is 35.5. The third-order valence-electron chi connectivity index (χ3n) is 3.03. The summed E-state index contributed by atoms with van der Waals surface area (Å²) in [6.45, 7) is 0.626. The molecular weight excluding hydrogens is 274 g/mol. The first-order valence-corrected chi connectivity index (χ1v) is 6.50. The van der Waals surface area contributed by atoms with Crippen molar-refractivity contribution in [1.82, 2.24) is 0 Å². The summed E-state index contributed by atoms with van der Waals surface area (Å²) in [5, 5.41) is 0.693. The fraction of sp³-hybridized carbons (Fsp3) is 0.133. The van der Waals surface area contributed by atoms with Crippen molar-refractivity contribution in [3.05, 3.63) is 58.6 Å². The molecule has 2 aromatic rings. The molecule has 0 aliphatic rings. The van der Waals surface area contributed by atoms with Gasteiger partial charge in [-0.15, -0.1) is 0 Å². The largest absolute Gasteiger partial charge is 0.399 e. The van der Waals surface area contributed by atoms with E-state index in [9.17, 15) is 4.79 Å². The zero-order valence-electron chi connectivity index (χ0n) is 11.1. The molecule has 0 spiro atoms. The summed E-state index contributed by atoms with van der Waals surface area (Å²) in [5.74, 6) is -0.469. The molecule has 0 aliphatic carbocycles. The number of nitrogen functional groups attached to an aromatic ring is 1. The van der Waals surface area contributed by atoms with Crippen LogP contribution >= 0.6 is 11.6 Å². The summed E-state index contributed by atoms with van der Waals surface area (Å²) in [4.78, 5) is 13.4. The van der Waals surface area contributed by atoms with Gasteiger partial charge in [0.1, 0.15) is 0 Å². The molecule has 0 saturated carbocycles. The van der Waals surface area contributed by atoms with Crippen LogP contribution in [-0.2, 0) is 6.54 Å². The third kappa shape index (κ3) is 3.22. The van der Waals surface area contributed by atoms with Crippen molar-refractivity contribution in [2.45, 2.75) is 6.54 Å². The third-order valence-corrected chi connectivity index (χ3v) is 3.28. The number of benzene rings is 2. The number of nitrogens with two attached hydrogens (primary N) is 2. The Balaban J connectivity index is 2.28. The molecule has 104 valence electrons. The minimum absolute atomic E-state index is 0.454. The van der Waals surface area contributed by atoms with Gasteiger partial charge in [-0.1, -0.05) is 23.7 Å². The summed E-state index contributed by atoms with van der Waals surface area (Å²) >= 11 is 5.86. The maximum atomic E-state index is 11.5. The van der Waals surface area contributed by atoms with Crippen LogP contribution in [-0.4, -0.2) is 13.0 Å². The Morgan fingerprint density at radius 2 is 1.85 bits per heavy atom. The van der Waals surface area contributed by atoms with Crippen LogP contribution in [0.25, 0.3) is 0 Å². The lowest BCUT2D eigenvalue weighted by molar-refractivity contribution is 0.100. The SMILES string of the molecule is CN(Cc1ccc(Cl)cc1)c1cc(N)ccc1C(N)=O. The summed E-state index contributed by atoms with van der Waals surface area (Å²) in [6.07, 6.45) is 0. The minimum Gasteiger partial charge on any atom is -0.399 e. The van der Waals surface area contributed by atoms with E-state index in [0.29, 0.717) is 28.5 Å². The monoisotopic (exact) mass is 289 g/mol. The fourth-order valence-electron chi connectivity index (χ4n) is 2.02. The van der Waals surface area contributed by atoms with Crippen molar-refractivity contribution < 1.29 is 4.79 Å². The van der Waals surface area contributed by atoms with Gasteiger partial charge < -0.3 is 16.4 Å². The molecule has 0 heterocycles. The van der Waals surface area contributed by atoms with Crippen molar-refractivity contribution in [2.24, 2.45) is 5.73 Å². The maximum absolute atomic E-state index is 11.5. The Labute approximate surface area is 122 Å². The van der Waals surface area contributed by atoms with Crippen molar-refractivity contribution in [1.29, 1.82) is 0 Å². The van der Waals surface area contributed by atoms with E-state index < -0.39 is 5.91 Å². The summed E-state index contributed by atoms with van der Waals surface area (Å²) < 4.78 is 0. The first kappa shape index (κ1) is 14.2. The zero-order valence-corrected chi connectivity index (χ0v) is 11.9. The van der Waals surface area contributed by atoms with E-state index in [4.69, 9.17) is 23.1 Å². The highest BCUT2D eigenvalue weighted by Crippen LogP contribution is 2.24. The Morgan fingerprint density at radius 1 is 1.20 bits per heavy atom. The average Bonchev–Trinajstić information content (AvgIpc) is 2.41. The summed E-state index contributed by atoms with van der Waals surface area (Å²) in [5.41, 5.74) is 14.0. The highest BCUT2D eigenvalue weighted by molar-refractivity contribution is 6.30. The van der Waals surface area contributed by atoms with Gasteiger partial charge in [0.15, 0.2) is 0 Å². The van der Waals surface area contributed by atoms with Gasteiger partial charge in [-0.2, -0.15) is 0 Å². The van der Waals surface area contributed by atoms with Crippen molar-refractivity contribution in [2.75, 3.05) is 17.7 Å². The number of nitrogens with zero attached hydrogens (tertiary/aromatic N) is 1. The molecule has 4 N–H and O–H groups in total. The molecule has 0 radical (unpaired) electrons.